The topological polar surface area (TPSA) is 61.0 Å². The van der Waals surface area contributed by atoms with E-state index < -0.39 is 0 Å². The first-order valence-corrected chi connectivity index (χ1v) is 5.66. The van der Waals surface area contributed by atoms with Crippen LogP contribution in [0.3, 0.4) is 0 Å². The third-order valence-corrected chi connectivity index (χ3v) is 3.07. The molecule has 0 bridgehead atoms. The molecule has 14 heavy (non-hydrogen) atoms. The molecule has 1 unspecified atom stereocenters. The number of rotatable bonds is 3. The first kappa shape index (κ1) is 9.73. The lowest BCUT2D eigenvalue weighted by molar-refractivity contribution is 0.129. The minimum absolute atomic E-state index is 0.366. The smallest absolute Gasteiger partial charge is 0.189 e. The number of nitrogens with two attached hydrogens (primary N) is 1. The van der Waals surface area contributed by atoms with Crippen LogP contribution >= 0.6 is 11.8 Å². The summed E-state index contributed by atoms with van der Waals surface area (Å²) >= 11 is 1.60. The summed E-state index contributed by atoms with van der Waals surface area (Å²) in [7, 11) is 0. The van der Waals surface area contributed by atoms with E-state index in [2.05, 4.69) is 9.97 Å². The molecule has 2 heterocycles. The molecule has 0 amide bonds. The second kappa shape index (κ2) is 4.61. The van der Waals surface area contributed by atoms with Crippen molar-refractivity contribution in [2.45, 2.75) is 24.1 Å². The van der Waals surface area contributed by atoms with Gasteiger partial charge >= 0.3 is 0 Å². The highest BCUT2D eigenvalue weighted by Crippen LogP contribution is 2.21. The van der Waals surface area contributed by atoms with Crippen LogP contribution in [-0.2, 0) is 4.74 Å². The number of hydrogen-bond acceptors (Lipinski definition) is 5. The van der Waals surface area contributed by atoms with Gasteiger partial charge < -0.3 is 10.5 Å². The monoisotopic (exact) mass is 211 g/mol. The molecule has 0 aromatic carbocycles. The second-order valence-electron chi connectivity index (χ2n) is 3.21. The van der Waals surface area contributed by atoms with Gasteiger partial charge in [-0.1, -0.05) is 11.8 Å². The molecule has 0 spiro atoms. The van der Waals surface area contributed by atoms with Gasteiger partial charge in [-0.25, -0.2) is 9.97 Å². The maximum absolute atomic E-state index is 5.55. The van der Waals surface area contributed by atoms with Crippen LogP contribution in [-0.4, -0.2) is 28.4 Å². The van der Waals surface area contributed by atoms with Gasteiger partial charge in [0, 0.05) is 18.6 Å². The van der Waals surface area contributed by atoms with Crippen molar-refractivity contribution in [3.8, 4) is 0 Å². The van der Waals surface area contributed by atoms with E-state index in [9.17, 15) is 0 Å². The average molecular weight is 211 g/mol. The molecular weight excluding hydrogens is 198 g/mol. The first-order valence-electron chi connectivity index (χ1n) is 4.67. The third kappa shape index (κ3) is 2.59. The van der Waals surface area contributed by atoms with Crippen molar-refractivity contribution in [1.29, 1.82) is 0 Å². The van der Waals surface area contributed by atoms with E-state index in [0.29, 0.717) is 11.9 Å². The highest BCUT2D eigenvalue weighted by molar-refractivity contribution is 7.99. The number of ether oxygens (including phenoxy) is 1. The summed E-state index contributed by atoms with van der Waals surface area (Å²) in [5.41, 5.74) is 5.55. The molecule has 1 atom stereocenters. The molecular formula is C9H13N3OS. The van der Waals surface area contributed by atoms with Crippen LogP contribution in [0.25, 0.3) is 0 Å². The highest BCUT2D eigenvalue weighted by Gasteiger charge is 2.15. The molecule has 1 aromatic rings. The molecule has 2 rings (SSSR count). The quantitative estimate of drug-likeness (QED) is 0.603. The Kier molecular flexibility index (Phi) is 3.21. The van der Waals surface area contributed by atoms with E-state index in [1.807, 2.05) is 0 Å². The lowest BCUT2D eigenvalue weighted by atomic mass is 10.3. The Hall–Kier alpha value is -0.810. The first-order chi connectivity index (χ1) is 6.84. The minimum atomic E-state index is 0.366. The van der Waals surface area contributed by atoms with Crippen LogP contribution in [0.15, 0.2) is 17.4 Å². The van der Waals surface area contributed by atoms with Crippen molar-refractivity contribution >= 4 is 17.6 Å². The van der Waals surface area contributed by atoms with Gasteiger partial charge in [-0.05, 0) is 18.9 Å². The van der Waals surface area contributed by atoms with Crippen molar-refractivity contribution in [2.24, 2.45) is 0 Å². The molecule has 2 N–H and O–H groups in total. The average Bonchev–Trinajstić information content (AvgIpc) is 2.67. The highest BCUT2D eigenvalue weighted by atomic mass is 32.2. The van der Waals surface area contributed by atoms with Crippen LogP contribution in [0.4, 0.5) is 5.82 Å². The normalized spacial score (nSPS) is 21.3. The maximum Gasteiger partial charge on any atom is 0.189 e. The number of anilines is 1. The van der Waals surface area contributed by atoms with Crippen molar-refractivity contribution in [1.82, 2.24) is 9.97 Å². The largest absolute Gasteiger partial charge is 0.384 e. The molecule has 0 aliphatic carbocycles. The summed E-state index contributed by atoms with van der Waals surface area (Å²) in [6, 6.07) is 1.69. The van der Waals surface area contributed by atoms with E-state index in [-0.39, 0.29) is 0 Å². The summed E-state index contributed by atoms with van der Waals surface area (Å²) in [4.78, 5) is 8.23. The Morgan fingerprint density at radius 3 is 3.29 bits per heavy atom. The number of hydrogen-bond donors (Lipinski definition) is 1. The van der Waals surface area contributed by atoms with Crippen molar-refractivity contribution in [3.05, 3.63) is 12.3 Å². The van der Waals surface area contributed by atoms with Crippen LogP contribution in [0.2, 0.25) is 0 Å². The Balaban J connectivity index is 1.85. The standard InChI is InChI=1S/C9H13N3OS/c10-8-3-4-11-9(12-8)14-6-7-2-1-5-13-7/h3-4,7H,1-2,5-6H2,(H2,10,11,12). The summed E-state index contributed by atoms with van der Waals surface area (Å²) in [6.07, 6.45) is 4.36. The van der Waals surface area contributed by atoms with Gasteiger partial charge in [-0.2, -0.15) is 0 Å². The van der Waals surface area contributed by atoms with E-state index in [4.69, 9.17) is 10.5 Å². The van der Waals surface area contributed by atoms with Gasteiger partial charge in [0.1, 0.15) is 5.82 Å². The van der Waals surface area contributed by atoms with Gasteiger partial charge in [0.2, 0.25) is 0 Å². The summed E-state index contributed by atoms with van der Waals surface area (Å²) in [5, 5.41) is 0.737. The second-order valence-corrected chi connectivity index (χ2v) is 4.20. The molecule has 76 valence electrons. The van der Waals surface area contributed by atoms with Crippen LogP contribution in [0.5, 0.6) is 0 Å². The fraction of sp³-hybridized carbons (Fsp3) is 0.556. The molecule has 0 saturated carbocycles. The third-order valence-electron chi connectivity index (χ3n) is 2.08. The Bertz CT molecular complexity index is 302. The fourth-order valence-corrected chi connectivity index (χ4v) is 2.27. The van der Waals surface area contributed by atoms with Crippen LogP contribution < -0.4 is 5.73 Å². The van der Waals surface area contributed by atoms with E-state index >= 15 is 0 Å². The van der Waals surface area contributed by atoms with Gasteiger partial charge in [-0.3, -0.25) is 0 Å². The van der Waals surface area contributed by atoms with E-state index in [1.165, 1.54) is 6.42 Å². The Labute approximate surface area is 87.3 Å². The minimum Gasteiger partial charge on any atom is -0.384 e. The van der Waals surface area contributed by atoms with E-state index in [0.717, 1.165) is 23.9 Å². The lowest BCUT2D eigenvalue weighted by Crippen LogP contribution is -2.08. The summed E-state index contributed by atoms with van der Waals surface area (Å²) in [6.45, 7) is 0.892. The number of nitrogen functional groups attached to an aromatic ring is 1. The van der Waals surface area contributed by atoms with Crippen LogP contribution in [0, 0.1) is 0 Å². The zero-order chi connectivity index (χ0) is 9.80. The number of aromatic nitrogens is 2. The van der Waals surface area contributed by atoms with Crippen LogP contribution in [0.1, 0.15) is 12.8 Å². The molecule has 5 heteroatoms. The molecule has 0 radical (unpaired) electrons. The van der Waals surface area contributed by atoms with Crippen molar-refractivity contribution < 1.29 is 4.74 Å². The Morgan fingerprint density at radius 2 is 2.57 bits per heavy atom. The number of thioether (sulfide) groups is 1. The predicted octanol–water partition coefficient (Wildman–Crippen LogP) is 1.33. The Morgan fingerprint density at radius 1 is 1.64 bits per heavy atom. The lowest BCUT2D eigenvalue weighted by Gasteiger charge is -2.07. The van der Waals surface area contributed by atoms with Gasteiger partial charge in [0.15, 0.2) is 5.16 Å². The number of nitrogens with zero attached hydrogens (tertiary/aromatic N) is 2. The molecule has 1 aliphatic rings. The van der Waals surface area contributed by atoms with E-state index in [1.54, 1.807) is 24.0 Å². The molecule has 1 aromatic heterocycles. The summed E-state index contributed by atoms with van der Waals surface area (Å²) < 4.78 is 5.50. The maximum atomic E-state index is 5.55. The van der Waals surface area contributed by atoms with Gasteiger partial charge in [-0.15, -0.1) is 0 Å². The zero-order valence-corrected chi connectivity index (χ0v) is 8.67. The predicted molar refractivity (Wildman–Crippen MR) is 56.1 cm³/mol. The SMILES string of the molecule is Nc1ccnc(SCC2CCCO2)n1. The van der Waals surface area contributed by atoms with Gasteiger partial charge in [0.25, 0.3) is 0 Å². The van der Waals surface area contributed by atoms with Gasteiger partial charge in [0.05, 0.1) is 6.10 Å². The fourth-order valence-electron chi connectivity index (χ4n) is 1.37. The van der Waals surface area contributed by atoms with Crippen molar-refractivity contribution in [3.63, 3.8) is 0 Å². The molecule has 1 saturated heterocycles. The molecule has 1 aliphatic heterocycles. The summed E-state index contributed by atoms with van der Waals surface area (Å²) in [5.74, 6) is 1.44. The molecule has 1 fully saturated rings. The van der Waals surface area contributed by atoms with Crippen molar-refractivity contribution in [2.75, 3.05) is 18.1 Å². The molecule has 4 nitrogen and oxygen atoms in total. The zero-order valence-electron chi connectivity index (χ0n) is 7.85.